The van der Waals surface area contributed by atoms with Crippen LogP contribution in [-0.4, -0.2) is 11.8 Å². The van der Waals surface area contributed by atoms with Crippen molar-refractivity contribution in [1.29, 1.82) is 0 Å². The normalized spacial score (nSPS) is 9.73. The molecule has 0 radical (unpaired) electrons. The van der Waals surface area contributed by atoms with Gasteiger partial charge in [-0.25, -0.2) is 4.79 Å². The molecule has 0 amide bonds. The van der Waals surface area contributed by atoms with Crippen LogP contribution in [0.5, 0.6) is 5.75 Å². The predicted molar refractivity (Wildman–Crippen MR) is 57.0 cm³/mol. The number of hydrogen-bond donors (Lipinski definition) is 0. The monoisotopic (exact) mass is 226 g/mol. The molecule has 0 saturated carbocycles. The van der Waals surface area contributed by atoms with Crippen LogP contribution in [0.1, 0.15) is 19.8 Å². The van der Waals surface area contributed by atoms with Gasteiger partial charge in [-0.15, -0.1) is 0 Å². The Morgan fingerprint density at radius 3 is 2.40 bits per heavy atom. The highest BCUT2D eigenvalue weighted by molar-refractivity contribution is 6.34. The minimum absolute atomic E-state index is 0.215. The number of hydrogen-bond acceptors (Lipinski definition) is 3. The lowest BCUT2D eigenvalue weighted by Crippen LogP contribution is -2.19. The number of ketones is 1. The standard InChI is InChI=1S/C11H11ClO3/c1-2-3-10(13)11(14)15-9-6-4-8(12)5-7-9/h4-7H,2-3H2,1H3. The first kappa shape index (κ1) is 11.7. The van der Waals surface area contributed by atoms with E-state index in [2.05, 4.69) is 0 Å². The molecule has 3 nitrogen and oxygen atoms in total. The van der Waals surface area contributed by atoms with E-state index in [0.717, 1.165) is 0 Å². The molecular formula is C11H11ClO3. The third-order valence-electron chi connectivity index (χ3n) is 1.73. The van der Waals surface area contributed by atoms with Crippen molar-refractivity contribution in [2.24, 2.45) is 0 Å². The van der Waals surface area contributed by atoms with Gasteiger partial charge >= 0.3 is 5.97 Å². The van der Waals surface area contributed by atoms with Gasteiger partial charge in [-0.05, 0) is 30.7 Å². The smallest absolute Gasteiger partial charge is 0.379 e. The number of halogens is 1. The summed E-state index contributed by atoms with van der Waals surface area (Å²) in [5, 5.41) is 0.551. The molecule has 0 aromatic heterocycles. The van der Waals surface area contributed by atoms with Crippen molar-refractivity contribution >= 4 is 23.4 Å². The highest BCUT2D eigenvalue weighted by Gasteiger charge is 2.14. The maximum Gasteiger partial charge on any atom is 0.379 e. The van der Waals surface area contributed by atoms with E-state index in [1.54, 1.807) is 24.3 Å². The van der Waals surface area contributed by atoms with E-state index >= 15 is 0 Å². The summed E-state index contributed by atoms with van der Waals surface area (Å²) in [4.78, 5) is 22.3. The minimum Gasteiger partial charge on any atom is -0.421 e. The lowest BCUT2D eigenvalue weighted by atomic mass is 10.2. The Hall–Kier alpha value is -1.35. The number of carbonyl (C=O) groups is 2. The topological polar surface area (TPSA) is 43.4 Å². The Labute approximate surface area is 93.0 Å². The molecule has 15 heavy (non-hydrogen) atoms. The average molecular weight is 227 g/mol. The number of Topliss-reactive ketones (excluding diaryl/α,β-unsaturated/α-hetero) is 1. The maximum absolute atomic E-state index is 11.2. The van der Waals surface area contributed by atoms with Crippen LogP contribution in [-0.2, 0) is 9.59 Å². The molecule has 0 bridgehead atoms. The van der Waals surface area contributed by atoms with Crippen molar-refractivity contribution in [3.63, 3.8) is 0 Å². The third kappa shape index (κ3) is 3.72. The van der Waals surface area contributed by atoms with Crippen LogP contribution in [0.25, 0.3) is 0 Å². The van der Waals surface area contributed by atoms with Crippen LogP contribution in [0, 0.1) is 0 Å². The predicted octanol–water partition coefficient (Wildman–Crippen LogP) is 2.61. The van der Waals surface area contributed by atoms with E-state index in [9.17, 15) is 9.59 Å². The molecule has 1 aromatic rings. The minimum atomic E-state index is -0.820. The molecular weight excluding hydrogens is 216 g/mol. The van der Waals surface area contributed by atoms with Crippen LogP contribution in [0.3, 0.4) is 0 Å². The summed E-state index contributed by atoms with van der Waals surface area (Å²) < 4.78 is 4.84. The zero-order valence-electron chi connectivity index (χ0n) is 8.33. The zero-order valence-corrected chi connectivity index (χ0v) is 9.08. The number of benzene rings is 1. The SMILES string of the molecule is CCCC(=O)C(=O)Oc1ccc(Cl)cc1. The van der Waals surface area contributed by atoms with Gasteiger partial charge < -0.3 is 4.74 Å². The molecule has 0 saturated heterocycles. The van der Waals surface area contributed by atoms with E-state index in [0.29, 0.717) is 17.2 Å². The largest absolute Gasteiger partial charge is 0.421 e. The highest BCUT2D eigenvalue weighted by Crippen LogP contribution is 2.15. The number of ether oxygens (including phenoxy) is 1. The van der Waals surface area contributed by atoms with Crippen LogP contribution >= 0.6 is 11.6 Å². The Balaban J connectivity index is 2.58. The second kappa shape index (κ2) is 5.51. The van der Waals surface area contributed by atoms with Crippen molar-refractivity contribution in [2.45, 2.75) is 19.8 Å². The fourth-order valence-electron chi connectivity index (χ4n) is 0.996. The van der Waals surface area contributed by atoms with Crippen LogP contribution in [0.4, 0.5) is 0 Å². The van der Waals surface area contributed by atoms with Crippen molar-refractivity contribution in [3.05, 3.63) is 29.3 Å². The van der Waals surface area contributed by atoms with Gasteiger partial charge in [0, 0.05) is 11.4 Å². The van der Waals surface area contributed by atoms with Gasteiger partial charge in [0.25, 0.3) is 0 Å². The molecule has 0 aliphatic carbocycles. The van der Waals surface area contributed by atoms with E-state index in [1.807, 2.05) is 6.92 Å². The summed E-state index contributed by atoms with van der Waals surface area (Å²) in [6.45, 7) is 1.83. The van der Waals surface area contributed by atoms with Crippen molar-refractivity contribution in [1.82, 2.24) is 0 Å². The van der Waals surface area contributed by atoms with Gasteiger partial charge in [-0.1, -0.05) is 18.5 Å². The average Bonchev–Trinajstić information content (AvgIpc) is 2.22. The Morgan fingerprint density at radius 1 is 1.27 bits per heavy atom. The molecule has 1 rings (SSSR count). The summed E-state index contributed by atoms with van der Waals surface area (Å²) in [7, 11) is 0. The van der Waals surface area contributed by atoms with E-state index in [1.165, 1.54) is 0 Å². The van der Waals surface area contributed by atoms with Crippen molar-refractivity contribution in [3.8, 4) is 5.75 Å². The van der Waals surface area contributed by atoms with Crippen molar-refractivity contribution in [2.75, 3.05) is 0 Å². The molecule has 0 aliphatic heterocycles. The Bertz CT molecular complexity index is 357. The molecule has 0 N–H and O–H groups in total. The quantitative estimate of drug-likeness (QED) is 0.450. The van der Waals surface area contributed by atoms with Crippen LogP contribution in [0.15, 0.2) is 24.3 Å². The lowest BCUT2D eigenvalue weighted by molar-refractivity contribution is -0.147. The van der Waals surface area contributed by atoms with E-state index < -0.39 is 11.8 Å². The molecule has 0 fully saturated rings. The Morgan fingerprint density at radius 2 is 1.87 bits per heavy atom. The summed E-state index contributed by atoms with van der Waals surface area (Å²) in [5.74, 6) is -1.000. The molecule has 0 unspecified atom stereocenters. The van der Waals surface area contributed by atoms with Crippen LogP contribution < -0.4 is 4.74 Å². The Kier molecular flexibility index (Phi) is 4.31. The van der Waals surface area contributed by atoms with Gasteiger partial charge in [0.1, 0.15) is 5.75 Å². The summed E-state index contributed by atoms with van der Waals surface area (Å²) >= 11 is 5.65. The zero-order chi connectivity index (χ0) is 11.3. The molecule has 0 spiro atoms. The van der Waals surface area contributed by atoms with Gasteiger partial charge in [-0.3, -0.25) is 4.79 Å². The lowest BCUT2D eigenvalue weighted by Gasteiger charge is -2.02. The fraction of sp³-hybridized carbons (Fsp3) is 0.273. The molecule has 0 heterocycles. The number of carbonyl (C=O) groups excluding carboxylic acids is 2. The molecule has 80 valence electrons. The maximum atomic E-state index is 11.2. The highest BCUT2D eigenvalue weighted by atomic mass is 35.5. The summed E-state index contributed by atoms with van der Waals surface area (Å²) in [6, 6.07) is 6.27. The first-order chi connectivity index (χ1) is 7.13. The first-order valence-corrected chi connectivity index (χ1v) is 5.02. The molecule has 0 aliphatic rings. The third-order valence-corrected chi connectivity index (χ3v) is 1.98. The second-order valence-corrected chi connectivity index (χ2v) is 3.45. The first-order valence-electron chi connectivity index (χ1n) is 4.64. The second-order valence-electron chi connectivity index (χ2n) is 3.02. The van der Waals surface area contributed by atoms with E-state index in [4.69, 9.17) is 16.3 Å². The van der Waals surface area contributed by atoms with E-state index in [-0.39, 0.29) is 6.42 Å². The van der Waals surface area contributed by atoms with Gasteiger partial charge in [0.05, 0.1) is 0 Å². The van der Waals surface area contributed by atoms with Crippen molar-refractivity contribution < 1.29 is 14.3 Å². The molecule has 1 aromatic carbocycles. The summed E-state index contributed by atoms with van der Waals surface area (Å²) in [5.41, 5.74) is 0. The molecule has 0 atom stereocenters. The van der Waals surface area contributed by atoms with Crippen LogP contribution in [0.2, 0.25) is 5.02 Å². The van der Waals surface area contributed by atoms with Gasteiger partial charge in [0.15, 0.2) is 0 Å². The van der Waals surface area contributed by atoms with Gasteiger partial charge in [0.2, 0.25) is 5.78 Å². The number of esters is 1. The fourth-order valence-corrected chi connectivity index (χ4v) is 1.12. The summed E-state index contributed by atoms with van der Waals surface area (Å²) in [6.07, 6.45) is 0.848. The van der Waals surface area contributed by atoms with Gasteiger partial charge in [-0.2, -0.15) is 0 Å². The molecule has 4 heteroatoms. The number of rotatable bonds is 4.